The van der Waals surface area contributed by atoms with E-state index < -0.39 is 0 Å². The Kier molecular flexibility index (Phi) is 5.22. The monoisotopic (exact) mass is 287 g/mol. The van der Waals surface area contributed by atoms with Crippen LogP contribution >= 0.6 is 11.8 Å². The minimum Gasteiger partial charge on any atom is -0.390 e. The number of benzene rings is 1. The van der Waals surface area contributed by atoms with Crippen LogP contribution in [0.4, 0.5) is 0 Å². The summed E-state index contributed by atoms with van der Waals surface area (Å²) in [5.74, 6) is 0.834. The smallest absolute Gasteiger partial charge is 0.168 e. The molecule has 0 aliphatic heterocycles. The maximum absolute atomic E-state index is 9.31. The molecular weight excluding hydrogens is 270 g/mol. The predicted octanol–water partition coefficient (Wildman–Crippen LogP) is 2.89. The Hall–Kier alpha value is -1.77. The third kappa shape index (κ3) is 3.41. The molecule has 0 spiro atoms. The third-order valence-electron chi connectivity index (χ3n) is 3.13. The summed E-state index contributed by atoms with van der Waals surface area (Å²) in [6.07, 6.45) is 2.10. The standard InChI is InChI=1S/C15H17N3OS/c1-12-5-2-3-6-13(12)11-20-15-17-9-14(10-19)18(15)8-4-7-16/h2-3,5-6,9,19H,4,8,10-11H2,1H3. The first kappa shape index (κ1) is 14.6. The van der Waals surface area contributed by atoms with Crippen molar-refractivity contribution in [1.29, 1.82) is 5.26 Å². The molecule has 0 bridgehead atoms. The zero-order valence-electron chi connectivity index (χ0n) is 11.4. The van der Waals surface area contributed by atoms with Gasteiger partial charge in [0.25, 0.3) is 0 Å². The minimum atomic E-state index is -0.0522. The lowest BCUT2D eigenvalue weighted by Gasteiger charge is -2.09. The number of nitriles is 1. The molecule has 5 heteroatoms. The molecule has 0 unspecified atom stereocenters. The number of hydrogen-bond acceptors (Lipinski definition) is 4. The van der Waals surface area contributed by atoms with Gasteiger partial charge in [-0.05, 0) is 18.1 Å². The van der Waals surface area contributed by atoms with Gasteiger partial charge in [0, 0.05) is 12.3 Å². The maximum Gasteiger partial charge on any atom is 0.168 e. The highest BCUT2D eigenvalue weighted by Gasteiger charge is 2.10. The molecule has 4 nitrogen and oxygen atoms in total. The van der Waals surface area contributed by atoms with Gasteiger partial charge in [-0.1, -0.05) is 36.0 Å². The van der Waals surface area contributed by atoms with Gasteiger partial charge in [0.05, 0.1) is 31.0 Å². The molecular formula is C15H17N3OS. The van der Waals surface area contributed by atoms with Crippen molar-refractivity contribution in [3.63, 3.8) is 0 Å². The first-order valence-corrected chi connectivity index (χ1v) is 7.44. The summed E-state index contributed by atoms with van der Waals surface area (Å²) in [4.78, 5) is 4.34. The molecule has 0 saturated heterocycles. The van der Waals surface area contributed by atoms with Crippen molar-refractivity contribution in [3.8, 4) is 6.07 Å². The Morgan fingerprint density at radius 2 is 2.20 bits per heavy atom. The average molecular weight is 287 g/mol. The van der Waals surface area contributed by atoms with Gasteiger partial charge < -0.3 is 9.67 Å². The van der Waals surface area contributed by atoms with E-state index >= 15 is 0 Å². The summed E-state index contributed by atoms with van der Waals surface area (Å²) in [6, 6.07) is 10.4. The van der Waals surface area contributed by atoms with Gasteiger partial charge in [-0.2, -0.15) is 5.26 Å². The van der Waals surface area contributed by atoms with E-state index in [1.54, 1.807) is 18.0 Å². The molecule has 0 aliphatic rings. The second kappa shape index (κ2) is 7.13. The van der Waals surface area contributed by atoms with Crippen molar-refractivity contribution in [2.45, 2.75) is 37.4 Å². The molecule has 0 amide bonds. The lowest BCUT2D eigenvalue weighted by Crippen LogP contribution is -2.04. The van der Waals surface area contributed by atoms with E-state index in [9.17, 15) is 5.11 Å². The molecule has 0 fully saturated rings. The zero-order chi connectivity index (χ0) is 14.4. The molecule has 20 heavy (non-hydrogen) atoms. The minimum absolute atomic E-state index is 0.0522. The van der Waals surface area contributed by atoms with Gasteiger partial charge >= 0.3 is 0 Å². The maximum atomic E-state index is 9.31. The molecule has 1 heterocycles. The van der Waals surface area contributed by atoms with Gasteiger partial charge in [-0.25, -0.2) is 4.98 Å². The molecule has 104 valence electrons. The molecule has 1 aromatic carbocycles. The fourth-order valence-corrected chi connectivity index (χ4v) is 3.05. The van der Waals surface area contributed by atoms with Crippen molar-refractivity contribution in [2.75, 3.05) is 0 Å². The van der Waals surface area contributed by atoms with Gasteiger partial charge in [0.2, 0.25) is 0 Å². The van der Waals surface area contributed by atoms with Crippen LogP contribution in [0.1, 0.15) is 23.2 Å². The van der Waals surface area contributed by atoms with Crippen LogP contribution in [0.25, 0.3) is 0 Å². The highest BCUT2D eigenvalue weighted by atomic mass is 32.2. The summed E-state index contributed by atoms with van der Waals surface area (Å²) in [6.45, 7) is 2.61. The van der Waals surface area contributed by atoms with Crippen LogP contribution < -0.4 is 0 Å². The summed E-state index contributed by atoms with van der Waals surface area (Å²) in [5.41, 5.74) is 3.29. The van der Waals surface area contributed by atoms with E-state index in [0.29, 0.717) is 13.0 Å². The van der Waals surface area contributed by atoms with Gasteiger partial charge in [0.15, 0.2) is 5.16 Å². The predicted molar refractivity (Wildman–Crippen MR) is 79.1 cm³/mol. The fraction of sp³-hybridized carbons (Fsp3) is 0.333. The van der Waals surface area contributed by atoms with Crippen LogP contribution in [-0.4, -0.2) is 14.7 Å². The first-order chi connectivity index (χ1) is 9.76. The van der Waals surface area contributed by atoms with E-state index in [1.807, 2.05) is 16.7 Å². The number of rotatable bonds is 6. The van der Waals surface area contributed by atoms with E-state index in [0.717, 1.165) is 16.6 Å². The van der Waals surface area contributed by atoms with Gasteiger partial charge in [-0.15, -0.1) is 0 Å². The Morgan fingerprint density at radius 1 is 1.40 bits per heavy atom. The molecule has 0 aliphatic carbocycles. The quantitative estimate of drug-likeness (QED) is 0.830. The van der Waals surface area contributed by atoms with Crippen molar-refractivity contribution in [2.24, 2.45) is 0 Å². The van der Waals surface area contributed by atoms with Crippen LogP contribution in [0.15, 0.2) is 35.6 Å². The molecule has 1 N–H and O–H groups in total. The summed E-state index contributed by atoms with van der Waals surface area (Å²) >= 11 is 1.63. The van der Waals surface area contributed by atoms with Crippen LogP contribution in [0.5, 0.6) is 0 Å². The largest absolute Gasteiger partial charge is 0.390 e. The number of aliphatic hydroxyl groups is 1. The van der Waals surface area contributed by atoms with Crippen molar-refractivity contribution < 1.29 is 5.11 Å². The average Bonchev–Trinajstić information content (AvgIpc) is 2.86. The number of imidazole rings is 1. The zero-order valence-corrected chi connectivity index (χ0v) is 12.2. The van der Waals surface area contributed by atoms with Crippen molar-refractivity contribution in [1.82, 2.24) is 9.55 Å². The number of nitrogens with zero attached hydrogens (tertiary/aromatic N) is 3. The Balaban J connectivity index is 2.11. The van der Waals surface area contributed by atoms with Crippen LogP contribution in [-0.2, 0) is 18.9 Å². The Morgan fingerprint density at radius 3 is 2.90 bits per heavy atom. The van der Waals surface area contributed by atoms with Gasteiger partial charge in [0.1, 0.15) is 0 Å². The lowest BCUT2D eigenvalue weighted by molar-refractivity contribution is 0.269. The van der Waals surface area contributed by atoms with E-state index in [2.05, 4.69) is 30.1 Å². The lowest BCUT2D eigenvalue weighted by atomic mass is 10.1. The number of aryl methyl sites for hydroxylation is 1. The van der Waals surface area contributed by atoms with Crippen LogP contribution in [0.3, 0.4) is 0 Å². The SMILES string of the molecule is Cc1ccccc1CSc1ncc(CO)n1CCC#N. The van der Waals surface area contributed by atoms with Crippen molar-refractivity contribution in [3.05, 3.63) is 47.3 Å². The molecule has 0 saturated carbocycles. The van der Waals surface area contributed by atoms with Crippen molar-refractivity contribution >= 4 is 11.8 Å². The highest BCUT2D eigenvalue weighted by Crippen LogP contribution is 2.24. The van der Waals surface area contributed by atoms with Crippen LogP contribution in [0.2, 0.25) is 0 Å². The van der Waals surface area contributed by atoms with E-state index in [4.69, 9.17) is 5.26 Å². The Bertz CT molecular complexity index is 616. The highest BCUT2D eigenvalue weighted by molar-refractivity contribution is 7.98. The molecule has 2 rings (SSSR count). The van der Waals surface area contributed by atoms with E-state index in [1.165, 1.54) is 11.1 Å². The second-order valence-corrected chi connectivity index (χ2v) is 5.41. The number of thioether (sulfide) groups is 1. The Labute approximate surface area is 123 Å². The normalized spacial score (nSPS) is 10.4. The number of aliphatic hydroxyl groups excluding tert-OH is 1. The van der Waals surface area contributed by atoms with E-state index in [-0.39, 0.29) is 6.61 Å². The molecule has 2 aromatic rings. The number of aromatic nitrogens is 2. The second-order valence-electron chi connectivity index (χ2n) is 4.47. The summed E-state index contributed by atoms with van der Waals surface area (Å²) in [7, 11) is 0. The van der Waals surface area contributed by atoms with Crippen LogP contribution in [0, 0.1) is 18.3 Å². The third-order valence-corrected chi connectivity index (χ3v) is 4.17. The molecule has 0 radical (unpaired) electrons. The first-order valence-electron chi connectivity index (χ1n) is 6.45. The fourth-order valence-electron chi connectivity index (χ4n) is 1.95. The number of hydrogen-bond donors (Lipinski definition) is 1. The summed E-state index contributed by atoms with van der Waals surface area (Å²) in [5, 5.41) is 18.9. The molecule has 0 atom stereocenters. The topological polar surface area (TPSA) is 61.8 Å². The summed E-state index contributed by atoms with van der Waals surface area (Å²) < 4.78 is 1.92. The molecule has 1 aromatic heterocycles. The van der Waals surface area contributed by atoms with Gasteiger partial charge in [-0.3, -0.25) is 0 Å².